The van der Waals surface area contributed by atoms with Crippen molar-refractivity contribution in [1.82, 2.24) is 5.32 Å². The van der Waals surface area contributed by atoms with Gasteiger partial charge in [0.2, 0.25) is 0 Å². The summed E-state index contributed by atoms with van der Waals surface area (Å²) in [6.07, 6.45) is 0.761. The third-order valence-corrected chi connectivity index (χ3v) is 3.07. The van der Waals surface area contributed by atoms with Crippen molar-refractivity contribution in [2.75, 3.05) is 13.1 Å². The van der Waals surface area contributed by atoms with Gasteiger partial charge >= 0.3 is 0 Å². The van der Waals surface area contributed by atoms with Crippen LogP contribution < -0.4 is 5.32 Å². The quantitative estimate of drug-likeness (QED) is 0.801. The van der Waals surface area contributed by atoms with Crippen LogP contribution in [0, 0.1) is 3.57 Å². The predicted octanol–water partition coefficient (Wildman–Crippen LogP) is 1.17. The summed E-state index contributed by atoms with van der Waals surface area (Å²) in [5.41, 5.74) is 0.719. The maximum Gasteiger partial charge on any atom is 0.0935 e. The van der Waals surface area contributed by atoms with Crippen LogP contribution in [0.15, 0.2) is 24.3 Å². The minimum absolute atomic E-state index is 0.493. The molecule has 1 heterocycles. The zero-order valence-electron chi connectivity index (χ0n) is 7.26. The van der Waals surface area contributed by atoms with E-state index in [1.165, 1.54) is 9.13 Å². The van der Waals surface area contributed by atoms with E-state index in [-0.39, 0.29) is 0 Å². The highest BCUT2D eigenvalue weighted by Crippen LogP contribution is 2.18. The van der Waals surface area contributed by atoms with E-state index in [1.807, 2.05) is 0 Å². The van der Waals surface area contributed by atoms with Gasteiger partial charge in [-0.1, -0.05) is 12.1 Å². The maximum absolute atomic E-state index is 9.87. The topological polar surface area (TPSA) is 32.3 Å². The number of aliphatic hydroxyl groups is 1. The molecule has 0 aliphatic carbocycles. The molecule has 0 spiro atoms. The van der Waals surface area contributed by atoms with Crippen molar-refractivity contribution in [2.45, 2.75) is 12.0 Å². The summed E-state index contributed by atoms with van der Waals surface area (Å²) in [7, 11) is 0. The van der Waals surface area contributed by atoms with Crippen LogP contribution in [0.1, 0.15) is 5.56 Å². The largest absolute Gasteiger partial charge is 0.387 e. The third kappa shape index (κ3) is 2.21. The highest BCUT2D eigenvalue weighted by molar-refractivity contribution is 14.1. The molecule has 0 saturated carbocycles. The standard InChI is InChI=1S/C10H12INO/c11-9-3-1-8(2-4-9)5-10(13)6-12-7-10/h1-4,12-13H,5-7H2. The summed E-state index contributed by atoms with van der Waals surface area (Å²) in [5.74, 6) is 0. The van der Waals surface area contributed by atoms with E-state index in [0.29, 0.717) is 0 Å². The number of β-amino-alcohol motifs (C(OH)–C–C–N with tert-alkyl or cyclic N) is 1. The summed E-state index contributed by atoms with van der Waals surface area (Å²) in [6.45, 7) is 1.44. The highest BCUT2D eigenvalue weighted by Gasteiger charge is 2.33. The summed E-state index contributed by atoms with van der Waals surface area (Å²) in [4.78, 5) is 0. The second kappa shape index (κ2) is 3.55. The first-order valence-electron chi connectivity index (χ1n) is 4.36. The molecule has 0 atom stereocenters. The third-order valence-electron chi connectivity index (χ3n) is 2.35. The van der Waals surface area contributed by atoms with Gasteiger partial charge in [0.05, 0.1) is 5.60 Å². The van der Waals surface area contributed by atoms with E-state index < -0.39 is 5.60 Å². The number of hydrogen-bond donors (Lipinski definition) is 2. The summed E-state index contributed by atoms with van der Waals surface area (Å²) in [5, 5.41) is 13.0. The van der Waals surface area contributed by atoms with Gasteiger partial charge in [0.15, 0.2) is 0 Å². The molecular formula is C10H12INO. The Morgan fingerprint density at radius 1 is 1.31 bits per heavy atom. The van der Waals surface area contributed by atoms with E-state index in [9.17, 15) is 5.11 Å². The number of nitrogens with one attached hydrogen (secondary N) is 1. The molecule has 0 amide bonds. The van der Waals surface area contributed by atoms with Crippen LogP contribution in [0.25, 0.3) is 0 Å². The molecule has 0 radical (unpaired) electrons. The molecule has 1 aromatic carbocycles. The lowest BCUT2D eigenvalue weighted by Crippen LogP contribution is -2.60. The first kappa shape index (κ1) is 9.43. The first-order valence-corrected chi connectivity index (χ1v) is 5.43. The molecule has 2 rings (SSSR count). The van der Waals surface area contributed by atoms with Crippen molar-refractivity contribution in [1.29, 1.82) is 0 Å². The van der Waals surface area contributed by atoms with Crippen LogP contribution >= 0.6 is 22.6 Å². The molecule has 1 saturated heterocycles. The fraction of sp³-hybridized carbons (Fsp3) is 0.400. The van der Waals surface area contributed by atoms with E-state index in [0.717, 1.165) is 19.5 Å². The number of benzene rings is 1. The van der Waals surface area contributed by atoms with E-state index in [2.05, 4.69) is 52.2 Å². The average molecular weight is 289 g/mol. The van der Waals surface area contributed by atoms with Gasteiger partial charge in [-0.05, 0) is 40.3 Å². The Labute approximate surface area is 91.5 Å². The Morgan fingerprint density at radius 3 is 2.38 bits per heavy atom. The first-order chi connectivity index (χ1) is 6.18. The second-order valence-electron chi connectivity index (χ2n) is 3.63. The highest BCUT2D eigenvalue weighted by atomic mass is 127. The summed E-state index contributed by atoms with van der Waals surface area (Å²) < 4.78 is 1.24. The molecule has 1 aliphatic rings. The second-order valence-corrected chi connectivity index (χ2v) is 4.88. The zero-order chi connectivity index (χ0) is 9.31. The number of hydrogen-bond acceptors (Lipinski definition) is 2. The van der Waals surface area contributed by atoms with Gasteiger partial charge in [-0.2, -0.15) is 0 Å². The Hall–Kier alpha value is -0.130. The Morgan fingerprint density at radius 2 is 1.92 bits per heavy atom. The number of rotatable bonds is 2. The van der Waals surface area contributed by atoms with Crippen molar-refractivity contribution in [3.8, 4) is 0 Å². The molecule has 0 unspecified atom stereocenters. The smallest absolute Gasteiger partial charge is 0.0935 e. The Kier molecular flexibility index (Phi) is 2.58. The molecule has 1 fully saturated rings. The van der Waals surface area contributed by atoms with Crippen LogP contribution in [0.3, 0.4) is 0 Å². The van der Waals surface area contributed by atoms with Crippen LogP contribution in [0.4, 0.5) is 0 Å². The monoisotopic (exact) mass is 289 g/mol. The van der Waals surface area contributed by atoms with Gasteiger partial charge in [0.1, 0.15) is 0 Å². The zero-order valence-corrected chi connectivity index (χ0v) is 9.41. The van der Waals surface area contributed by atoms with Crippen LogP contribution in [-0.2, 0) is 6.42 Å². The summed E-state index contributed by atoms with van der Waals surface area (Å²) in [6, 6.07) is 8.31. The molecule has 0 bridgehead atoms. The molecular weight excluding hydrogens is 277 g/mol. The van der Waals surface area contributed by atoms with E-state index in [4.69, 9.17) is 0 Å². The van der Waals surface area contributed by atoms with Gasteiger partial charge in [-0.15, -0.1) is 0 Å². The summed E-state index contributed by atoms with van der Waals surface area (Å²) >= 11 is 2.28. The van der Waals surface area contributed by atoms with Gasteiger partial charge in [-0.25, -0.2) is 0 Å². The fourth-order valence-electron chi connectivity index (χ4n) is 1.52. The van der Waals surface area contributed by atoms with E-state index in [1.54, 1.807) is 0 Å². The van der Waals surface area contributed by atoms with Crippen molar-refractivity contribution in [3.63, 3.8) is 0 Å². The normalized spacial score (nSPS) is 19.5. The minimum Gasteiger partial charge on any atom is -0.387 e. The van der Waals surface area contributed by atoms with Crippen LogP contribution in [-0.4, -0.2) is 23.8 Å². The number of halogens is 1. The molecule has 2 N–H and O–H groups in total. The Balaban J connectivity index is 2.05. The molecule has 13 heavy (non-hydrogen) atoms. The molecule has 70 valence electrons. The average Bonchev–Trinajstić information content (AvgIpc) is 2.06. The predicted molar refractivity (Wildman–Crippen MR) is 60.7 cm³/mol. The van der Waals surface area contributed by atoms with Gasteiger partial charge in [0.25, 0.3) is 0 Å². The lowest BCUT2D eigenvalue weighted by Gasteiger charge is -2.37. The lowest BCUT2D eigenvalue weighted by molar-refractivity contribution is -0.00901. The maximum atomic E-state index is 9.87. The minimum atomic E-state index is -0.493. The molecule has 3 heteroatoms. The molecule has 1 aliphatic heterocycles. The molecule has 1 aromatic rings. The van der Waals surface area contributed by atoms with Crippen molar-refractivity contribution >= 4 is 22.6 Å². The fourth-order valence-corrected chi connectivity index (χ4v) is 1.88. The van der Waals surface area contributed by atoms with Gasteiger partial charge in [-0.3, -0.25) is 0 Å². The molecule has 0 aromatic heterocycles. The van der Waals surface area contributed by atoms with E-state index >= 15 is 0 Å². The lowest BCUT2D eigenvalue weighted by atomic mass is 9.89. The SMILES string of the molecule is OC1(Cc2ccc(I)cc2)CNC1. The van der Waals surface area contributed by atoms with Crippen molar-refractivity contribution in [3.05, 3.63) is 33.4 Å². The van der Waals surface area contributed by atoms with Crippen molar-refractivity contribution < 1.29 is 5.11 Å². The Bertz CT molecular complexity index is 292. The van der Waals surface area contributed by atoms with Gasteiger partial charge in [0, 0.05) is 23.1 Å². The molecule has 2 nitrogen and oxygen atoms in total. The van der Waals surface area contributed by atoms with Crippen LogP contribution in [0.2, 0.25) is 0 Å². The van der Waals surface area contributed by atoms with Crippen LogP contribution in [0.5, 0.6) is 0 Å². The van der Waals surface area contributed by atoms with Gasteiger partial charge < -0.3 is 10.4 Å². The van der Waals surface area contributed by atoms with Crippen molar-refractivity contribution in [2.24, 2.45) is 0 Å².